The Morgan fingerprint density at radius 3 is 1.84 bits per heavy atom. The summed E-state index contributed by atoms with van der Waals surface area (Å²) in [4.78, 5) is -0.560. The molecule has 0 amide bonds. The van der Waals surface area contributed by atoms with Gasteiger partial charge in [-0.2, -0.15) is 16.8 Å². The van der Waals surface area contributed by atoms with Gasteiger partial charge in [0.15, 0.2) is 0 Å². The molecular weight excluding hydrogens is 314 g/mol. The molecule has 0 aliphatic rings. The van der Waals surface area contributed by atoms with Crippen LogP contribution in [0.2, 0.25) is 0 Å². The number of rotatable bonds is 4. The summed E-state index contributed by atoms with van der Waals surface area (Å²) in [6, 6.07) is 7.48. The molecule has 0 fully saturated rings. The summed E-state index contributed by atoms with van der Waals surface area (Å²) in [5, 5.41) is 0. The van der Waals surface area contributed by atoms with Gasteiger partial charge in [0.1, 0.15) is 0 Å². The Hall–Kier alpha value is 0.780. The van der Waals surface area contributed by atoms with E-state index in [9.17, 15) is 16.8 Å². The molecule has 0 saturated heterocycles. The summed E-state index contributed by atoms with van der Waals surface area (Å²) in [5.74, 6) is -0.892. The van der Waals surface area contributed by atoms with Gasteiger partial charge in [0.25, 0.3) is 20.2 Å². The first-order valence-corrected chi connectivity index (χ1v) is 7.43. The molecule has 6 nitrogen and oxygen atoms in total. The SMILES string of the molecule is O=S(=O)(O)CC=C(c1ccccc1)S(=O)(=O)O.[NaH].[NaH]. The summed E-state index contributed by atoms with van der Waals surface area (Å²) in [6.07, 6.45) is 0.736. The zero-order valence-electron chi connectivity index (χ0n) is 8.52. The first kappa shape index (κ1) is 22.1. The molecule has 0 heterocycles. The first-order chi connectivity index (χ1) is 7.70. The average Bonchev–Trinajstić information content (AvgIpc) is 2.15. The number of hydrogen-bond acceptors (Lipinski definition) is 4. The molecular formula is C9H12Na2O6S2. The van der Waals surface area contributed by atoms with Gasteiger partial charge >= 0.3 is 59.1 Å². The van der Waals surface area contributed by atoms with Crippen LogP contribution in [0.25, 0.3) is 4.91 Å². The molecule has 0 atom stereocenters. The second-order valence-electron chi connectivity index (χ2n) is 3.16. The van der Waals surface area contributed by atoms with Crippen LogP contribution in [0.3, 0.4) is 0 Å². The molecule has 0 aromatic heterocycles. The third-order valence-electron chi connectivity index (χ3n) is 1.82. The van der Waals surface area contributed by atoms with Crippen LogP contribution in [-0.4, -0.2) is 90.8 Å². The summed E-state index contributed by atoms with van der Waals surface area (Å²) in [6.45, 7) is 0. The molecule has 0 radical (unpaired) electrons. The third kappa shape index (κ3) is 8.61. The van der Waals surface area contributed by atoms with E-state index in [1.165, 1.54) is 24.3 Å². The van der Waals surface area contributed by atoms with E-state index in [4.69, 9.17) is 9.11 Å². The molecule has 19 heavy (non-hydrogen) atoms. The maximum atomic E-state index is 11.1. The van der Waals surface area contributed by atoms with Gasteiger partial charge in [0.2, 0.25) is 0 Å². The van der Waals surface area contributed by atoms with Crippen LogP contribution in [0.4, 0.5) is 0 Å². The van der Waals surface area contributed by atoms with Gasteiger partial charge < -0.3 is 0 Å². The zero-order valence-corrected chi connectivity index (χ0v) is 10.1. The van der Waals surface area contributed by atoms with Crippen LogP contribution in [-0.2, 0) is 20.2 Å². The van der Waals surface area contributed by atoms with Crippen LogP contribution in [0, 0.1) is 0 Å². The van der Waals surface area contributed by atoms with Crippen LogP contribution in [0.15, 0.2) is 36.4 Å². The summed E-state index contributed by atoms with van der Waals surface area (Å²) >= 11 is 0. The van der Waals surface area contributed by atoms with Crippen molar-refractivity contribution >= 4 is 84.3 Å². The molecule has 0 saturated carbocycles. The van der Waals surface area contributed by atoms with Gasteiger partial charge in [-0.15, -0.1) is 0 Å². The van der Waals surface area contributed by atoms with E-state index in [1.54, 1.807) is 6.07 Å². The van der Waals surface area contributed by atoms with Crippen LogP contribution >= 0.6 is 0 Å². The predicted molar refractivity (Wildman–Crippen MR) is 76.7 cm³/mol. The van der Waals surface area contributed by atoms with Crippen molar-refractivity contribution in [2.75, 3.05) is 5.75 Å². The number of benzene rings is 1. The summed E-state index contributed by atoms with van der Waals surface area (Å²) < 4.78 is 60.7. The zero-order chi connectivity index (χ0) is 13.1. The molecule has 98 valence electrons. The minimum absolute atomic E-state index is 0. The summed E-state index contributed by atoms with van der Waals surface area (Å²) in [5.41, 5.74) is 0.138. The Bertz CT molecular complexity index is 622. The predicted octanol–water partition coefficient (Wildman–Crippen LogP) is -0.494. The Labute approximate surface area is 156 Å². The molecule has 2 N–H and O–H groups in total. The van der Waals surface area contributed by atoms with Gasteiger partial charge in [-0.3, -0.25) is 9.11 Å². The van der Waals surface area contributed by atoms with Crippen molar-refractivity contribution in [1.29, 1.82) is 0 Å². The van der Waals surface area contributed by atoms with Crippen molar-refractivity contribution < 1.29 is 25.9 Å². The van der Waals surface area contributed by atoms with Gasteiger partial charge in [0, 0.05) is 0 Å². The third-order valence-corrected chi connectivity index (χ3v) is 3.36. The second-order valence-corrected chi connectivity index (χ2v) is 6.05. The first-order valence-electron chi connectivity index (χ1n) is 4.38. The van der Waals surface area contributed by atoms with E-state index in [-0.39, 0.29) is 64.7 Å². The quantitative estimate of drug-likeness (QED) is 0.571. The van der Waals surface area contributed by atoms with Crippen molar-refractivity contribution in [2.45, 2.75) is 0 Å². The second kappa shape index (κ2) is 8.93. The molecule has 0 aliphatic carbocycles. The molecule has 1 rings (SSSR count). The molecule has 0 bridgehead atoms. The van der Waals surface area contributed by atoms with E-state index in [0.717, 1.165) is 6.08 Å². The van der Waals surface area contributed by atoms with Crippen LogP contribution < -0.4 is 0 Å². The molecule has 10 heteroatoms. The Morgan fingerprint density at radius 2 is 1.47 bits per heavy atom. The average molecular weight is 326 g/mol. The topological polar surface area (TPSA) is 109 Å². The normalized spacial score (nSPS) is 12.2. The molecule has 0 spiro atoms. The van der Waals surface area contributed by atoms with Crippen molar-refractivity contribution in [3.05, 3.63) is 42.0 Å². The van der Waals surface area contributed by atoms with Gasteiger partial charge in [-0.05, 0) is 11.6 Å². The van der Waals surface area contributed by atoms with Crippen LogP contribution in [0.5, 0.6) is 0 Å². The Balaban J connectivity index is 0. The van der Waals surface area contributed by atoms with E-state index in [2.05, 4.69) is 0 Å². The Morgan fingerprint density at radius 1 is 1.00 bits per heavy atom. The van der Waals surface area contributed by atoms with E-state index < -0.39 is 30.9 Å². The van der Waals surface area contributed by atoms with E-state index >= 15 is 0 Å². The minimum atomic E-state index is -4.55. The van der Waals surface area contributed by atoms with Crippen molar-refractivity contribution in [3.63, 3.8) is 0 Å². The van der Waals surface area contributed by atoms with Gasteiger partial charge in [0.05, 0.1) is 10.7 Å². The summed E-state index contributed by atoms with van der Waals surface area (Å²) in [7, 11) is -8.89. The number of hydrogen-bond donors (Lipinski definition) is 2. The fraction of sp³-hybridized carbons (Fsp3) is 0.111. The molecule has 1 aromatic rings. The molecule has 1 aromatic carbocycles. The monoisotopic (exact) mass is 326 g/mol. The van der Waals surface area contributed by atoms with Crippen molar-refractivity contribution in [1.82, 2.24) is 0 Å². The standard InChI is InChI=1S/C9H10O6S2.2Na.2H/c10-16(11,12)7-6-9(17(13,14)15)8-4-2-1-3-5-8;;;;/h1-6H,7H2,(H,10,11,12)(H,13,14,15);;;;. The maximum absolute atomic E-state index is 11.1. The van der Waals surface area contributed by atoms with Crippen molar-refractivity contribution in [3.8, 4) is 0 Å². The van der Waals surface area contributed by atoms with Gasteiger partial charge in [-0.1, -0.05) is 30.3 Å². The van der Waals surface area contributed by atoms with E-state index in [1.807, 2.05) is 0 Å². The van der Waals surface area contributed by atoms with Crippen molar-refractivity contribution in [2.24, 2.45) is 0 Å². The van der Waals surface area contributed by atoms with E-state index in [0.29, 0.717) is 0 Å². The van der Waals surface area contributed by atoms with Crippen LogP contribution in [0.1, 0.15) is 5.56 Å². The fourth-order valence-electron chi connectivity index (χ4n) is 1.16. The Kier molecular flexibility index (Phi) is 10.4. The molecule has 0 aliphatic heterocycles. The fourth-order valence-corrected chi connectivity index (χ4v) is 2.37. The van der Waals surface area contributed by atoms with Gasteiger partial charge in [-0.25, -0.2) is 0 Å². The molecule has 0 unspecified atom stereocenters.